The third-order valence-corrected chi connectivity index (χ3v) is 10.5. The van der Waals surface area contributed by atoms with E-state index in [0.29, 0.717) is 24.3 Å². The molecule has 1 unspecified atom stereocenters. The van der Waals surface area contributed by atoms with Crippen molar-refractivity contribution in [1.82, 2.24) is 5.32 Å². The largest absolute Gasteiger partial charge is 0.369 e. The summed E-state index contributed by atoms with van der Waals surface area (Å²) < 4.78 is 13.9. The first kappa shape index (κ1) is 34.4. The molecule has 0 bridgehead atoms. The molecule has 0 saturated heterocycles. The SMILES string of the molecule is CCCC[C@H](C(N)=O)[C@@H](CC1CCCC1)C(=O)NC1C(=O)N(Cc2cccc(-c3ccc(F)c(Cl)c3)c2)c2ccccc2-c2ccccc21. The molecule has 1 fully saturated rings. The summed E-state index contributed by atoms with van der Waals surface area (Å²) >= 11 is 6.10. The van der Waals surface area contributed by atoms with Gasteiger partial charge in [0.15, 0.2) is 0 Å². The molecule has 1 saturated carbocycles. The van der Waals surface area contributed by atoms with Crippen LogP contribution in [0.15, 0.2) is 91.0 Å². The van der Waals surface area contributed by atoms with Crippen LogP contribution in [0.25, 0.3) is 22.3 Å². The second-order valence-electron chi connectivity index (χ2n) is 13.4. The lowest BCUT2D eigenvalue weighted by Crippen LogP contribution is -2.47. The molecule has 3 amide bonds. The molecule has 49 heavy (non-hydrogen) atoms. The topological polar surface area (TPSA) is 92.5 Å². The quantitative estimate of drug-likeness (QED) is 0.157. The van der Waals surface area contributed by atoms with Gasteiger partial charge in [0.05, 0.1) is 17.3 Å². The monoisotopic (exact) mass is 679 g/mol. The van der Waals surface area contributed by atoms with Crippen molar-refractivity contribution in [3.05, 3.63) is 113 Å². The van der Waals surface area contributed by atoms with Crippen LogP contribution < -0.4 is 16.0 Å². The predicted molar refractivity (Wildman–Crippen MR) is 193 cm³/mol. The summed E-state index contributed by atoms with van der Waals surface area (Å²) in [5, 5.41) is 3.20. The number of nitrogens with one attached hydrogen (secondary N) is 1. The molecule has 1 aliphatic carbocycles. The number of halogens is 2. The fourth-order valence-corrected chi connectivity index (χ4v) is 7.80. The zero-order chi connectivity index (χ0) is 34.5. The van der Waals surface area contributed by atoms with E-state index >= 15 is 0 Å². The highest BCUT2D eigenvalue weighted by atomic mass is 35.5. The maximum Gasteiger partial charge on any atom is 0.254 e. The van der Waals surface area contributed by atoms with Gasteiger partial charge in [0.2, 0.25) is 11.8 Å². The number of hydrogen-bond acceptors (Lipinski definition) is 3. The van der Waals surface area contributed by atoms with E-state index in [1.807, 2.05) is 72.8 Å². The molecule has 6 rings (SSSR count). The Morgan fingerprint density at radius 1 is 0.918 bits per heavy atom. The number of rotatable bonds is 12. The van der Waals surface area contributed by atoms with Gasteiger partial charge in [-0.1, -0.05) is 124 Å². The predicted octanol–water partition coefficient (Wildman–Crippen LogP) is 9.01. The van der Waals surface area contributed by atoms with E-state index in [1.54, 1.807) is 17.0 Å². The fourth-order valence-electron chi connectivity index (χ4n) is 7.62. The summed E-state index contributed by atoms with van der Waals surface area (Å²) in [6.45, 7) is 2.28. The Morgan fingerprint density at radius 2 is 1.63 bits per heavy atom. The number of benzene rings is 4. The normalized spacial score (nSPS) is 17.2. The molecule has 254 valence electrons. The number of primary amides is 1. The first-order valence-electron chi connectivity index (χ1n) is 17.4. The van der Waals surface area contributed by atoms with Crippen molar-refractivity contribution in [3.63, 3.8) is 0 Å². The van der Waals surface area contributed by atoms with E-state index in [1.165, 1.54) is 6.07 Å². The van der Waals surface area contributed by atoms with Crippen LogP contribution >= 0.6 is 11.6 Å². The molecule has 3 N–H and O–H groups in total. The summed E-state index contributed by atoms with van der Waals surface area (Å²) in [6.07, 6.45) is 7.09. The second kappa shape index (κ2) is 15.4. The fraction of sp³-hybridized carbons (Fsp3) is 0.341. The molecule has 6 nitrogen and oxygen atoms in total. The minimum absolute atomic E-state index is 0.0374. The average molecular weight is 680 g/mol. The van der Waals surface area contributed by atoms with E-state index in [9.17, 15) is 18.8 Å². The van der Waals surface area contributed by atoms with Gasteiger partial charge >= 0.3 is 0 Å². The highest BCUT2D eigenvalue weighted by molar-refractivity contribution is 6.31. The van der Waals surface area contributed by atoms with Gasteiger partial charge in [-0.2, -0.15) is 0 Å². The number of anilines is 1. The second-order valence-corrected chi connectivity index (χ2v) is 13.9. The van der Waals surface area contributed by atoms with Crippen LogP contribution in [0.5, 0.6) is 0 Å². The number of carbonyl (C=O) groups excluding carboxylic acids is 3. The van der Waals surface area contributed by atoms with Crippen molar-refractivity contribution >= 4 is 35.0 Å². The van der Waals surface area contributed by atoms with Crippen LogP contribution in [0, 0.1) is 23.6 Å². The lowest BCUT2D eigenvalue weighted by Gasteiger charge is -2.30. The van der Waals surface area contributed by atoms with Crippen molar-refractivity contribution < 1.29 is 18.8 Å². The minimum Gasteiger partial charge on any atom is -0.369 e. The van der Waals surface area contributed by atoms with Gasteiger partial charge in [-0.25, -0.2) is 4.39 Å². The number of unbranched alkanes of at least 4 members (excludes halogenated alkanes) is 1. The molecule has 1 aliphatic heterocycles. The Morgan fingerprint density at radius 3 is 2.37 bits per heavy atom. The van der Waals surface area contributed by atoms with Gasteiger partial charge in [-0.3, -0.25) is 14.4 Å². The summed E-state index contributed by atoms with van der Waals surface area (Å²) in [5.41, 5.74) is 11.6. The highest BCUT2D eigenvalue weighted by Gasteiger charge is 2.40. The van der Waals surface area contributed by atoms with Gasteiger partial charge in [-0.15, -0.1) is 0 Å². The lowest BCUT2D eigenvalue weighted by molar-refractivity contribution is -0.136. The first-order valence-corrected chi connectivity index (χ1v) is 17.8. The zero-order valence-corrected chi connectivity index (χ0v) is 28.6. The molecular formula is C41H43ClFN3O3. The van der Waals surface area contributed by atoms with Crippen LogP contribution in [-0.2, 0) is 20.9 Å². The number of para-hydroxylation sites is 1. The molecule has 2 aliphatic rings. The number of carbonyl (C=O) groups is 3. The van der Waals surface area contributed by atoms with Gasteiger partial charge in [-0.05, 0) is 70.8 Å². The Bertz CT molecular complexity index is 1840. The Hall–Kier alpha value is -4.49. The van der Waals surface area contributed by atoms with E-state index in [2.05, 4.69) is 12.2 Å². The van der Waals surface area contributed by atoms with Crippen molar-refractivity contribution in [2.24, 2.45) is 23.5 Å². The van der Waals surface area contributed by atoms with Gasteiger partial charge in [0.1, 0.15) is 11.9 Å². The van der Waals surface area contributed by atoms with Gasteiger partial charge in [0.25, 0.3) is 5.91 Å². The standard InChI is InChI=1S/C41H43ClFN3O3/c1-2-3-15-33(39(44)47)34(23-26-11-4-5-12-26)40(48)45-38-32-18-7-6-16-30(32)31-17-8-9-19-37(31)46(41(38)49)25-27-13-10-14-28(22-27)29-20-21-36(43)35(42)24-29/h6-10,13-14,16-22,24,26,33-34,38H,2-5,11-12,15,23,25H2,1H3,(H2,44,47)(H,45,48)/t33-,34+,38?/m0/s1. The van der Waals surface area contributed by atoms with E-state index in [-0.39, 0.29) is 23.4 Å². The van der Waals surface area contributed by atoms with Crippen molar-refractivity contribution in [3.8, 4) is 22.3 Å². The van der Waals surface area contributed by atoms with E-state index in [0.717, 1.165) is 72.0 Å². The molecule has 0 radical (unpaired) electrons. The maximum absolute atomic E-state index is 14.9. The molecule has 0 spiro atoms. The Kier molecular flexibility index (Phi) is 10.8. The van der Waals surface area contributed by atoms with E-state index < -0.39 is 29.6 Å². The molecular weight excluding hydrogens is 637 g/mol. The van der Waals surface area contributed by atoms with Crippen molar-refractivity contribution in [2.45, 2.75) is 70.9 Å². The van der Waals surface area contributed by atoms with Crippen LogP contribution in [0.1, 0.15) is 75.5 Å². The molecule has 0 aromatic heterocycles. The van der Waals surface area contributed by atoms with Gasteiger partial charge in [0, 0.05) is 17.4 Å². The summed E-state index contributed by atoms with van der Waals surface area (Å²) in [5.74, 6) is -2.40. The number of nitrogens with two attached hydrogens (primary N) is 1. The van der Waals surface area contributed by atoms with Gasteiger partial charge < -0.3 is 16.0 Å². The number of nitrogens with zero attached hydrogens (tertiary/aromatic N) is 1. The summed E-state index contributed by atoms with van der Waals surface area (Å²) in [4.78, 5) is 43.9. The van der Waals surface area contributed by atoms with Crippen LogP contribution in [0.3, 0.4) is 0 Å². The Balaban J connectivity index is 1.37. The van der Waals surface area contributed by atoms with Crippen molar-refractivity contribution in [1.29, 1.82) is 0 Å². The summed E-state index contributed by atoms with van der Waals surface area (Å²) in [6, 6.07) is 26.8. The molecule has 1 heterocycles. The molecule has 3 atom stereocenters. The van der Waals surface area contributed by atoms with Crippen LogP contribution in [-0.4, -0.2) is 17.7 Å². The highest BCUT2D eigenvalue weighted by Crippen LogP contribution is 2.42. The maximum atomic E-state index is 14.9. The number of amides is 3. The third kappa shape index (κ3) is 7.57. The third-order valence-electron chi connectivity index (χ3n) is 10.2. The Labute approximate surface area is 292 Å². The number of hydrogen-bond donors (Lipinski definition) is 2. The van der Waals surface area contributed by atoms with Crippen molar-refractivity contribution in [2.75, 3.05) is 4.90 Å². The van der Waals surface area contributed by atoms with Crippen LogP contribution in [0.4, 0.5) is 10.1 Å². The van der Waals surface area contributed by atoms with E-state index in [4.69, 9.17) is 17.3 Å². The molecule has 4 aromatic rings. The minimum atomic E-state index is -0.985. The average Bonchev–Trinajstić information content (AvgIpc) is 3.61. The molecule has 4 aromatic carbocycles. The number of fused-ring (bicyclic) bond motifs is 3. The lowest BCUT2D eigenvalue weighted by atomic mass is 9.79. The van der Waals surface area contributed by atoms with Crippen LogP contribution in [0.2, 0.25) is 5.02 Å². The smallest absolute Gasteiger partial charge is 0.254 e. The zero-order valence-electron chi connectivity index (χ0n) is 27.8. The molecule has 8 heteroatoms. The summed E-state index contributed by atoms with van der Waals surface area (Å²) in [7, 11) is 0. The first-order chi connectivity index (χ1) is 23.7.